The van der Waals surface area contributed by atoms with Gasteiger partial charge in [-0.15, -0.1) is 6.58 Å². The molecule has 4 aliphatic rings. The van der Waals surface area contributed by atoms with Crippen LogP contribution < -0.4 is 5.32 Å². The Morgan fingerprint density at radius 2 is 1.93 bits per heavy atom. The van der Waals surface area contributed by atoms with E-state index < -0.39 is 22.8 Å². The Balaban J connectivity index is 1.33. The Kier molecular flexibility index (Phi) is 9.28. The van der Waals surface area contributed by atoms with Crippen LogP contribution in [0.2, 0.25) is 0 Å². The van der Waals surface area contributed by atoms with E-state index in [-0.39, 0.29) is 48.4 Å². The molecule has 230 valence electrons. The lowest BCUT2D eigenvalue weighted by atomic mass is 9.77. The molecular formula is C33H47N3O5S. The summed E-state index contributed by atoms with van der Waals surface area (Å²) in [5, 5.41) is 7.19. The first kappa shape index (κ1) is 30.9. The highest BCUT2D eigenvalue weighted by Crippen LogP contribution is 2.56. The van der Waals surface area contributed by atoms with Crippen LogP contribution in [0.5, 0.6) is 0 Å². The van der Waals surface area contributed by atoms with Crippen molar-refractivity contribution in [3.63, 3.8) is 0 Å². The number of nitrogens with one attached hydrogen (secondary N) is 1. The minimum absolute atomic E-state index is 0.00712. The van der Waals surface area contributed by atoms with Gasteiger partial charge in [0.25, 0.3) is 0 Å². The summed E-state index contributed by atoms with van der Waals surface area (Å²) in [6, 6.07) is 1.38. The van der Waals surface area contributed by atoms with Crippen molar-refractivity contribution >= 4 is 34.9 Å². The third kappa shape index (κ3) is 7.16. The van der Waals surface area contributed by atoms with Crippen molar-refractivity contribution in [2.24, 2.45) is 28.6 Å². The minimum atomic E-state index is -0.780. The first-order valence-corrected chi connectivity index (χ1v) is 16.6. The topological polar surface area (TPSA) is 96.0 Å². The predicted molar refractivity (Wildman–Crippen MR) is 162 cm³/mol. The molecule has 1 aromatic heterocycles. The van der Waals surface area contributed by atoms with E-state index in [2.05, 4.69) is 28.2 Å². The van der Waals surface area contributed by atoms with Crippen LogP contribution in [0.1, 0.15) is 84.1 Å². The second kappa shape index (κ2) is 12.6. The zero-order valence-corrected chi connectivity index (χ0v) is 26.3. The summed E-state index contributed by atoms with van der Waals surface area (Å²) in [6.07, 6.45) is 8.56. The molecule has 2 amide bonds. The second-order valence-corrected chi connectivity index (χ2v) is 14.9. The van der Waals surface area contributed by atoms with Gasteiger partial charge in [0.05, 0.1) is 24.4 Å². The van der Waals surface area contributed by atoms with Crippen molar-refractivity contribution in [2.75, 3.05) is 19.8 Å². The molecule has 1 aromatic rings. The second-order valence-electron chi connectivity index (χ2n) is 14.1. The fourth-order valence-corrected chi connectivity index (χ4v) is 7.35. The Labute approximate surface area is 254 Å². The van der Waals surface area contributed by atoms with Crippen molar-refractivity contribution < 1.29 is 23.9 Å². The van der Waals surface area contributed by atoms with Gasteiger partial charge in [0, 0.05) is 26.1 Å². The van der Waals surface area contributed by atoms with E-state index >= 15 is 0 Å². The summed E-state index contributed by atoms with van der Waals surface area (Å²) in [6.45, 7) is 11.8. The molecule has 8 nitrogen and oxygen atoms in total. The molecule has 3 aliphatic carbocycles. The number of thiophene rings is 1. The molecule has 4 atom stereocenters. The minimum Gasteiger partial charge on any atom is -0.462 e. The molecule has 2 heterocycles. The number of allylic oxidation sites excluding steroid dienone is 1. The van der Waals surface area contributed by atoms with Crippen LogP contribution in [0.4, 0.5) is 0 Å². The van der Waals surface area contributed by atoms with Gasteiger partial charge in [-0.1, -0.05) is 26.8 Å². The van der Waals surface area contributed by atoms with E-state index in [1.807, 2.05) is 26.2 Å². The van der Waals surface area contributed by atoms with E-state index in [9.17, 15) is 19.2 Å². The zero-order valence-electron chi connectivity index (χ0n) is 25.4. The number of nitrogens with zero attached hydrogens (tertiary/aromatic N) is 2. The average Bonchev–Trinajstić information content (AvgIpc) is 3.65. The fraction of sp³-hybridized carbons (Fsp3) is 0.697. The van der Waals surface area contributed by atoms with E-state index in [1.165, 1.54) is 0 Å². The number of esters is 1. The number of carbonyl (C=O) groups is 4. The molecule has 0 aromatic carbocycles. The summed E-state index contributed by atoms with van der Waals surface area (Å²) in [7, 11) is 0. The molecule has 0 bridgehead atoms. The number of Topliss-reactive ketones (excluding diaryl/α,β-unsaturated/α-hetero) is 1. The van der Waals surface area contributed by atoms with Gasteiger partial charge in [-0.2, -0.15) is 11.3 Å². The third-order valence-electron chi connectivity index (χ3n) is 9.72. The van der Waals surface area contributed by atoms with Crippen molar-refractivity contribution in [3.05, 3.63) is 35.0 Å². The van der Waals surface area contributed by atoms with Gasteiger partial charge >= 0.3 is 5.97 Å². The number of hydrogen-bond acceptors (Lipinski definition) is 7. The van der Waals surface area contributed by atoms with Gasteiger partial charge in [-0.3, -0.25) is 24.1 Å². The van der Waals surface area contributed by atoms with Crippen molar-refractivity contribution in [2.45, 2.75) is 97.2 Å². The molecule has 5 rings (SSSR count). The number of ketones is 1. The monoisotopic (exact) mass is 597 g/mol. The first-order chi connectivity index (χ1) is 20.0. The van der Waals surface area contributed by atoms with Gasteiger partial charge in [-0.25, -0.2) is 0 Å². The maximum absolute atomic E-state index is 14.3. The Morgan fingerprint density at radius 3 is 2.52 bits per heavy atom. The fourth-order valence-electron chi connectivity index (χ4n) is 6.69. The van der Waals surface area contributed by atoms with E-state index in [4.69, 9.17) is 4.74 Å². The van der Waals surface area contributed by atoms with Gasteiger partial charge in [0.2, 0.25) is 11.8 Å². The first-order valence-electron chi connectivity index (χ1n) is 15.7. The van der Waals surface area contributed by atoms with Crippen molar-refractivity contribution in [1.29, 1.82) is 0 Å². The number of carbonyl (C=O) groups excluding carboxylic acids is 4. The molecular weight excluding hydrogens is 550 g/mol. The molecule has 4 fully saturated rings. The van der Waals surface area contributed by atoms with Crippen LogP contribution in [-0.4, -0.2) is 65.3 Å². The Morgan fingerprint density at radius 1 is 1.19 bits per heavy atom. The summed E-state index contributed by atoms with van der Waals surface area (Å²) in [5.41, 5.74) is -0.149. The smallest absolute Gasteiger partial charge is 0.306 e. The van der Waals surface area contributed by atoms with Crippen LogP contribution >= 0.6 is 11.3 Å². The maximum atomic E-state index is 14.3. The highest BCUT2D eigenvalue weighted by molar-refractivity contribution is 7.07. The normalized spacial score (nSPS) is 27.1. The van der Waals surface area contributed by atoms with Crippen molar-refractivity contribution in [3.8, 4) is 0 Å². The lowest BCUT2D eigenvalue weighted by Gasteiger charge is -2.34. The van der Waals surface area contributed by atoms with Gasteiger partial charge in [0.15, 0.2) is 5.78 Å². The Hall–Kier alpha value is -2.52. The van der Waals surface area contributed by atoms with Crippen molar-refractivity contribution in [1.82, 2.24) is 15.1 Å². The Bertz CT molecular complexity index is 1170. The van der Waals surface area contributed by atoms with Crippen LogP contribution in [0.3, 0.4) is 0 Å². The molecule has 0 spiro atoms. The molecule has 0 radical (unpaired) electrons. The predicted octanol–water partition coefficient (Wildman–Crippen LogP) is 4.93. The molecule has 1 N–H and O–H groups in total. The lowest BCUT2D eigenvalue weighted by molar-refractivity contribution is -0.156. The van der Waals surface area contributed by atoms with Crippen LogP contribution in [0, 0.1) is 28.6 Å². The maximum Gasteiger partial charge on any atom is 0.306 e. The van der Waals surface area contributed by atoms with Crippen LogP contribution in [0.25, 0.3) is 0 Å². The quantitative estimate of drug-likeness (QED) is 0.256. The molecule has 1 aliphatic heterocycles. The number of ether oxygens (including phenoxy) is 1. The lowest BCUT2D eigenvalue weighted by Crippen LogP contribution is -2.49. The third-order valence-corrected chi connectivity index (χ3v) is 10.5. The summed E-state index contributed by atoms with van der Waals surface area (Å²) >= 11 is 1.62. The van der Waals surface area contributed by atoms with Gasteiger partial charge in [-0.05, 0) is 84.6 Å². The number of rotatable bonds is 13. The number of hydrogen-bond donors (Lipinski definition) is 1. The molecule has 1 saturated heterocycles. The average molecular weight is 598 g/mol. The standard InChI is InChI=1S/C33H47N3O5S/c1-5-24-15-33(24,31(40)34-17-22-10-11-22)16-28(37)27-19-35(18-23-12-13-42-20-23)21-36(27)30(39)26(32(2,3)4)14-29(38)41-25-8-6-7-9-25/h5,12-13,20,22,24-27H,1,6-11,14-19,21H2,2-4H3,(H,34,40)/t24-,26-,27+,33-/m1/s1. The molecule has 0 unspecified atom stereocenters. The molecule has 42 heavy (non-hydrogen) atoms. The molecule has 9 heteroatoms. The van der Waals surface area contributed by atoms with Crippen LogP contribution in [-0.2, 0) is 30.5 Å². The van der Waals surface area contributed by atoms with E-state index in [0.29, 0.717) is 38.6 Å². The highest BCUT2D eigenvalue weighted by atomic mass is 32.1. The largest absolute Gasteiger partial charge is 0.462 e. The van der Waals surface area contributed by atoms with E-state index in [0.717, 1.165) is 44.1 Å². The SMILES string of the molecule is C=C[C@@H]1C[C@]1(CC(=O)[C@@H]1CN(Cc2ccsc2)CN1C(=O)[C@@H](CC(=O)OC1CCCC1)C(C)(C)C)C(=O)NCC1CC1. The van der Waals surface area contributed by atoms with Gasteiger partial charge < -0.3 is 15.0 Å². The number of amides is 2. The molecule has 3 saturated carbocycles. The summed E-state index contributed by atoms with van der Waals surface area (Å²) < 4.78 is 5.74. The van der Waals surface area contributed by atoms with Gasteiger partial charge in [0.1, 0.15) is 12.1 Å². The van der Waals surface area contributed by atoms with E-state index in [1.54, 1.807) is 22.3 Å². The zero-order chi connectivity index (χ0) is 30.1. The summed E-state index contributed by atoms with van der Waals surface area (Å²) in [4.78, 5) is 58.5. The van der Waals surface area contributed by atoms with Crippen LogP contribution in [0.15, 0.2) is 29.5 Å². The highest BCUT2D eigenvalue weighted by Gasteiger charge is 2.60. The summed E-state index contributed by atoms with van der Waals surface area (Å²) in [5.74, 6) is -0.817.